The Bertz CT molecular complexity index is 511. The number of rotatable bonds is 3. The lowest BCUT2D eigenvalue weighted by molar-refractivity contribution is -0.284. The standard InChI is InChI=1S/C14H17ClO6S/c1-7-10(16)12(11(17)13(18-2)19-7)21-14(22)20-9-5-3-8(15)4-6-9/h3-7,10-13,16-17H,1-2H3/t7-,10-,11+,12+,13+/m0/s1. The van der Waals surface area contributed by atoms with Gasteiger partial charge in [0.2, 0.25) is 0 Å². The summed E-state index contributed by atoms with van der Waals surface area (Å²) in [5, 5.41) is 20.5. The lowest BCUT2D eigenvalue weighted by Gasteiger charge is -2.40. The third-order valence-corrected chi connectivity index (χ3v) is 3.69. The summed E-state index contributed by atoms with van der Waals surface area (Å²) in [6.07, 6.45) is -4.80. The quantitative estimate of drug-likeness (QED) is 0.801. The first-order valence-electron chi connectivity index (χ1n) is 6.60. The van der Waals surface area contributed by atoms with Crippen LogP contribution in [0.5, 0.6) is 5.75 Å². The van der Waals surface area contributed by atoms with E-state index in [1.165, 1.54) is 7.11 Å². The maximum Gasteiger partial charge on any atom is 0.358 e. The molecule has 122 valence electrons. The number of hydrogen-bond acceptors (Lipinski definition) is 7. The van der Waals surface area contributed by atoms with Crippen molar-refractivity contribution in [1.82, 2.24) is 0 Å². The van der Waals surface area contributed by atoms with Gasteiger partial charge in [-0.05, 0) is 31.2 Å². The minimum atomic E-state index is -1.21. The van der Waals surface area contributed by atoms with Crippen LogP contribution in [0.2, 0.25) is 5.02 Å². The molecule has 2 rings (SSSR count). The van der Waals surface area contributed by atoms with Gasteiger partial charge < -0.3 is 29.2 Å². The van der Waals surface area contributed by atoms with Crippen molar-refractivity contribution in [2.45, 2.75) is 37.6 Å². The summed E-state index contributed by atoms with van der Waals surface area (Å²) in [6, 6.07) is 6.52. The molecule has 2 N–H and O–H groups in total. The minimum absolute atomic E-state index is 0.227. The SMILES string of the molecule is CO[C@@H]1O[C@@H](C)[C@H](O)[C@@H](OC(=S)Oc2ccc(Cl)cc2)[C@H]1O. The highest BCUT2D eigenvalue weighted by molar-refractivity contribution is 7.79. The fourth-order valence-electron chi connectivity index (χ4n) is 2.06. The molecule has 0 aliphatic carbocycles. The van der Waals surface area contributed by atoms with E-state index in [0.717, 1.165) is 0 Å². The van der Waals surface area contributed by atoms with Crippen molar-refractivity contribution in [2.24, 2.45) is 0 Å². The normalized spacial score (nSPS) is 31.6. The highest BCUT2D eigenvalue weighted by atomic mass is 35.5. The first kappa shape index (κ1) is 17.4. The monoisotopic (exact) mass is 348 g/mol. The lowest BCUT2D eigenvalue weighted by Crippen LogP contribution is -2.58. The first-order chi connectivity index (χ1) is 10.4. The van der Waals surface area contributed by atoms with Crippen molar-refractivity contribution in [1.29, 1.82) is 0 Å². The Kier molecular flexibility index (Phi) is 5.96. The molecule has 6 nitrogen and oxygen atoms in total. The molecule has 0 spiro atoms. The van der Waals surface area contributed by atoms with Crippen LogP contribution < -0.4 is 4.74 Å². The predicted octanol–water partition coefficient (Wildman–Crippen LogP) is 1.50. The molecule has 0 saturated carbocycles. The van der Waals surface area contributed by atoms with Crippen LogP contribution in [0.4, 0.5) is 0 Å². The van der Waals surface area contributed by atoms with E-state index < -0.39 is 30.7 Å². The fraction of sp³-hybridized carbons (Fsp3) is 0.500. The summed E-state index contributed by atoms with van der Waals surface area (Å²) in [6.45, 7) is 1.64. The molecule has 1 aromatic carbocycles. The molecule has 1 heterocycles. The van der Waals surface area contributed by atoms with E-state index >= 15 is 0 Å². The van der Waals surface area contributed by atoms with Crippen molar-refractivity contribution in [2.75, 3.05) is 7.11 Å². The third kappa shape index (κ3) is 4.07. The Balaban J connectivity index is 2.00. The van der Waals surface area contributed by atoms with Crippen LogP contribution in [0.1, 0.15) is 6.92 Å². The van der Waals surface area contributed by atoms with E-state index in [1.54, 1.807) is 31.2 Å². The van der Waals surface area contributed by atoms with Crippen LogP contribution in [-0.2, 0) is 14.2 Å². The number of hydrogen-bond donors (Lipinski definition) is 2. The summed E-state index contributed by atoms with van der Waals surface area (Å²) < 4.78 is 21.0. The van der Waals surface area contributed by atoms with E-state index in [0.29, 0.717) is 10.8 Å². The van der Waals surface area contributed by atoms with Gasteiger partial charge in [0.15, 0.2) is 12.4 Å². The van der Waals surface area contributed by atoms with E-state index in [2.05, 4.69) is 0 Å². The number of methoxy groups -OCH3 is 1. The van der Waals surface area contributed by atoms with Crippen LogP contribution in [0, 0.1) is 0 Å². The van der Waals surface area contributed by atoms with Crippen LogP contribution in [0.15, 0.2) is 24.3 Å². The largest absolute Gasteiger partial charge is 0.447 e. The topological polar surface area (TPSA) is 77.4 Å². The summed E-state index contributed by atoms with van der Waals surface area (Å²) in [5.41, 5.74) is 0. The second kappa shape index (κ2) is 7.54. The Hall–Kier alpha value is -0.960. The van der Waals surface area contributed by atoms with Crippen molar-refractivity contribution >= 4 is 29.1 Å². The third-order valence-electron chi connectivity index (χ3n) is 3.26. The van der Waals surface area contributed by atoms with Gasteiger partial charge in [0.05, 0.1) is 6.10 Å². The maximum atomic E-state index is 10.1. The smallest absolute Gasteiger partial charge is 0.358 e. The molecule has 0 radical (unpaired) electrons. The van der Waals surface area contributed by atoms with Gasteiger partial charge in [0.1, 0.15) is 18.0 Å². The van der Waals surface area contributed by atoms with Crippen LogP contribution in [0.3, 0.4) is 0 Å². The van der Waals surface area contributed by atoms with Gasteiger partial charge in [0, 0.05) is 24.4 Å². The molecule has 1 fully saturated rings. The van der Waals surface area contributed by atoms with Crippen molar-refractivity contribution in [3.05, 3.63) is 29.3 Å². The summed E-state index contributed by atoms with van der Waals surface area (Å²) in [4.78, 5) is 0. The Morgan fingerprint density at radius 2 is 1.86 bits per heavy atom. The minimum Gasteiger partial charge on any atom is -0.447 e. The molecule has 0 bridgehead atoms. The van der Waals surface area contributed by atoms with Gasteiger partial charge >= 0.3 is 5.24 Å². The molecule has 1 saturated heterocycles. The fourth-order valence-corrected chi connectivity index (χ4v) is 2.40. The zero-order valence-corrected chi connectivity index (χ0v) is 13.6. The summed E-state index contributed by atoms with van der Waals surface area (Å²) in [7, 11) is 1.39. The van der Waals surface area contributed by atoms with Gasteiger partial charge in [-0.15, -0.1) is 0 Å². The van der Waals surface area contributed by atoms with Crippen molar-refractivity contribution in [3.8, 4) is 5.75 Å². The van der Waals surface area contributed by atoms with E-state index in [4.69, 9.17) is 42.8 Å². The van der Waals surface area contributed by atoms with Gasteiger partial charge in [-0.1, -0.05) is 11.6 Å². The molecule has 5 atom stereocenters. The molecular formula is C14H17ClO6S. The van der Waals surface area contributed by atoms with E-state index in [1.807, 2.05) is 0 Å². The second-order valence-electron chi connectivity index (χ2n) is 4.81. The highest BCUT2D eigenvalue weighted by Gasteiger charge is 2.45. The van der Waals surface area contributed by atoms with Gasteiger partial charge in [-0.2, -0.15) is 0 Å². The molecule has 22 heavy (non-hydrogen) atoms. The van der Waals surface area contributed by atoms with Crippen LogP contribution in [0.25, 0.3) is 0 Å². The van der Waals surface area contributed by atoms with E-state index in [-0.39, 0.29) is 5.24 Å². The predicted molar refractivity (Wildman–Crippen MR) is 82.9 cm³/mol. The number of thiocarbonyl (C=S) groups is 1. The van der Waals surface area contributed by atoms with Gasteiger partial charge in [-0.25, -0.2) is 0 Å². The van der Waals surface area contributed by atoms with Gasteiger partial charge in [-0.3, -0.25) is 0 Å². The number of aliphatic hydroxyl groups excluding tert-OH is 2. The van der Waals surface area contributed by atoms with Crippen LogP contribution in [-0.4, -0.2) is 53.3 Å². The number of benzene rings is 1. The number of ether oxygens (including phenoxy) is 4. The molecule has 0 unspecified atom stereocenters. The first-order valence-corrected chi connectivity index (χ1v) is 7.39. The van der Waals surface area contributed by atoms with Crippen molar-refractivity contribution < 1.29 is 29.2 Å². The Labute approximate surface area is 138 Å². The zero-order chi connectivity index (χ0) is 16.3. The van der Waals surface area contributed by atoms with Crippen molar-refractivity contribution in [3.63, 3.8) is 0 Å². The maximum absolute atomic E-state index is 10.1. The van der Waals surface area contributed by atoms with Gasteiger partial charge in [0.25, 0.3) is 0 Å². The molecule has 1 aromatic rings. The molecule has 1 aliphatic heterocycles. The summed E-state index contributed by atoms with van der Waals surface area (Å²) in [5.74, 6) is 0.432. The van der Waals surface area contributed by atoms with Crippen LogP contribution >= 0.6 is 23.8 Å². The summed E-state index contributed by atoms with van der Waals surface area (Å²) >= 11 is 10.8. The highest BCUT2D eigenvalue weighted by Crippen LogP contribution is 2.25. The molecular weight excluding hydrogens is 332 g/mol. The average Bonchev–Trinajstić information content (AvgIpc) is 2.49. The molecule has 0 amide bonds. The number of halogens is 1. The second-order valence-corrected chi connectivity index (χ2v) is 5.58. The van der Waals surface area contributed by atoms with E-state index in [9.17, 15) is 10.2 Å². The molecule has 0 aromatic heterocycles. The zero-order valence-electron chi connectivity index (χ0n) is 12.0. The lowest BCUT2D eigenvalue weighted by atomic mass is 10.00. The molecule has 1 aliphatic rings. The molecule has 8 heteroatoms. The number of aliphatic hydroxyl groups is 2. The Morgan fingerprint density at radius 3 is 2.45 bits per heavy atom. The average molecular weight is 349 g/mol. The Morgan fingerprint density at radius 1 is 1.23 bits per heavy atom.